The summed E-state index contributed by atoms with van der Waals surface area (Å²) < 4.78 is 27.6. The smallest absolute Gasteiger partial charge is 0.251 e. The molecule has 1 amide bonds. The number of thioether (sulfide) groups is 1. The molecule has 0 fully saturated rings. The van der Waals surface area contributed by atoms with Crippen LogP contribution < -0.4 is 10.0 Å². The van der Waals surface area contributed by atoms with E-state index in [0.29, 0.717) is 12.1 Å². The Kier molecular flexibility index (Phi) is 6.90. The predicted octanol–water partition coefficient (Wildman–Crippen LogP) is 3.88. The number of thiophene rings is 1. The van der Waals surface area contributed by atoms with E-state index < -0.39 is 10.0 Å². The van der Waals surface area contributed by atoms with E-state index in [-0.39, 0.29) is 17.3 Å². The Bertz CT molecular complexity index is 1030. The van der Waals surface area contributed by atoms with Crippen molar-refractivity contribution in [3.8, 4) is 0 Å². The van der Waals surface area contributed by atoms with Crippen molar-refractivity contribution in [2.24, 2.45) is 0 Å². The minimum Gasteiger partial charge on any atom is -0.348 e. The molecule has 0 atom stereocenters. The number of nitrogens with one attached hydrogen (secondary N) is 2. The first-order valence-corrected chi connectivity index (χ1v) is 12.1. The quantitative estimate of drug-likeness (QED) is 0.530. The monoisotopic (exact) mass is 432 g/mol. The van der Waals surface area contributed by atoms with Crippen LogP contribution in [0.15, 0.2) is 75.8 Å². The van der Waals surface area contributed by atoms with E-state index in [0.717, 1.165) is 15.3 Å². The molecule has 3 rings (SSSR count). The van der Waals surface area contributed by atoms with Crippen LogP contribution in [0.25, 0.3) is 0 Å². The average molecular weight is 433 g/mol. The van der Waals surface area contributed by atoms with Crippen LogP contribution in [0.3, 0.4) is 0 Å². The van der Waals surface area contributed by atoms with Gasteiger partial charge in [0.05, 0.1) is 4.90 Å². The van der Waals surface area contributed by atoms with E-state index in [2.05, 4.69) is 10.0 Å². The second kappa shape index (κ2) is 9.38. The van der Waals surface area contributed by atoms with Gasteiger partial charge in [-0.05, 0) is 53.6 Å². The molecular formula is C20H20N2O3S3. The van der Waals surface area contributed by atoms with Crippen LogP contribution in [0.1, 0.15) is 20.8 Å². The predicted molar refractivity (Wildman–Crippen MR) is 114 cm³/mol. The van der Waals surface area contributed by atoms with Crippen molar-refractivity contribution in [1.82, 2.24) is 10.0 Å². The highest BCUT2D eigenvalue weighted by Gasteiger charge is 2.16. The normalized spacial score (nSPS) is 11.3. The molecule has 3 aromatic rings. The molecule has 0 saturated heterocycles. The first-order valence-electron chi connectivity index (χ1n) is 8.51. The molecular weight excluding hydrogens is 412 g/mol. The Hall–Kier alpha value is -2.13. The first-order chi connectivity index (χ1) is 13.5. The van der Waals surface area contributed by atoms with Crippen LogP contribution in [0, 0.1) is 0 Å². The Morgan fingerprint density at radius 1 is 1.04 bits per heavy atom. The zero-order valence-electron chi connectivity index (χ0n) is 15.2. The van der Waals surface area contributed by atoms with Crippen LogP contribution in [0.5, 0.6) is 0 Å². The molecule has 0 spiro atoms. The molecule has 1 heterocycles. The van der Waals surface area contributed by atoms with E-state index >= 15 is 0 Å². The fourth-order valence-electron chi connectivity index (χ4n) is 2.49. The number of sulfonamides is 1. The first kappa shape index (κ1) is 20.6. The summed E-state index contributed by atoms with van der Waals surface area (Å²) in [5.41, 5.74) is 1.28. The van der Waals surface area contributed by atoms with Crippen molar-refractivity contribution < 1.29 is 13.2 Å². The minimum absolute atomic E-state index is 0.0704. The third kappa shape index (κ3) is 5.45. The maximum Gasteiger partial charge on any atom is 0.251 e. The Labute approximate surface area is 173 Å². The molecule has 2 aromatic carbocycles. The van der Waals surface area contributed by atoms with Gasteiger partial charge in [0.15, 0.2) is 0 Å². The van der Waals surface area contributed by atoms with Gasteiger partial charge in [0.2, 0.25) is 10.0 Å². The second-order valence-electron chi connectivity index (χ2n) is 5.96. The number of hydrogen-bond donors (Lipinski definition) is 2. The van der Waals surface area contributed by atoms with Crippen molar-refractivity contribution in [3.63, 3.8) is 0 Å². The summed E-state index contributed by atoms with van der Waals surface area (Å²) in [5.74, 6) is -0.316. The zero-order valence-corrected chi connectivity index (χ0v) is 17.7. The zero-order chi connectivity index (χ0) is 20.0. The van der Waals surface area contributed by atoms with Gasteiger partial charge in [0.25, 0.3) is 5.91 Å². The largest absolute Gasteiger partial charge is 0.348 e. The van der Waals surface area contributed by atoms with Crippen molar-refractivity contribution in [1.29, 1.82) is 0 Å². The van der Waals surface area contributed by atoms with Gasteiger partial charge < -0.3 is 5.32 Å². The van der Waals surface area contributed by atoms with Crippen LogP contribution in [-0.4, -0.2) is 20.6 Å². The Balaban J connectivity index is 1.64. The molecule has 146 valence electrons. The lowest BCUT2D eigenvalue weighted by atomic mass is 10.2. The lowest BCUT2D eigenvalue weighted by molar-refractivity contribution is 0.0950. The van der Waals surface area contributed by atoms with E-state index in [1.807, 2.05) is 48.0 Å². The summed E-state index contributed by atoms with van der Waals surface area (Å²) in [6, 6.07) is 17.7. The highest BCUT2D eigenvalue weighted by molar-refractivity contribution is 7.98. The molecule has 2 N–H and O–H groups in total. The lowest BCUT2D eigenvalue weighted by Gasteiger charge is -2.09. The number of amides is 1. The fourth-order valence-corrected chi connectivity index (χ4v) is 4.69. The molecule has 0 unspecified atom stereocenters. The van der Waals surface area contributed by atoms with Gasteiger partial charge in [-0.15, -0.1) is 23.1 Å². The van der Waals surface area contributed by atoms with Crippen molar-refractivity contribution in [3.05, 3.63) is 82.0 Å². The number of benzene rings is 2. The Morgan fingerprint density at radius 2 is 1.82 bits per heavy atom. The van der Waals surface area contributed by atoms with Crippen molar-refractivity contribution in [2.45, 2.75) is 22.9 Å². The fraction of sp³-hybridized carbons (Fsp3) is 0.150. The summed E-state index contributed by atoms with van der Waals surface area (Å²) in [6.07, 6.45) is 2.01. The number of rotatable bonds is 8. The highest BCUT2D eigenvalue weighted by Crippen LogP contribution is 2.16. The third-order valence-electron chi connectivity index (χ3n) is 4.04. The Morgan fingerprint density at radius 3 is 2.50 bits per heavy atom. The number of hydrogen-bond acceptors (Lipinski definition) is 5. The summed E-state index contributed by atoms with van der Waals surface area (Å²) in [4.78, 5) is 14.6. The van der Waals surface area contributed by atoms with E-state index in [1.54, 1.807) is 23.9 Å². The molecule has 0 bridgehead atoms. The van der Waals surface area contributed by atoms with Gasteiger partial charge in [0, 0.05) is 28.4 Å². The average Bonchev–Trinajstić information content (AvgIpc) is 3.25. The van der Waals surface area contributed by atoms with Gasteiger partial charge in [0.1, 0.15) is 0 Å². The number of carbonyl (C=O) groups excluding carboxylic acids is 1. The SMILES string of the molecule is CSc1ccc(CNC(=O)c2cccc(S(=O)(=O)NCc3cccs3)c2)cc1. The second-order valence-corrected chi connectivity index (χ2v) is 9.64. The molecule has 0 saturated carbocycles. The van der Waals surface area contributed by atoms with Gasteiger partial charge in [-0.3, -0.25) is 4.79 Å². The lowest BCUT2D eigenvalue weighted by Crippen LogP contribution is -2.25. The van der Waals surface area contributed by atoms with Crippen molar-refractivity contribution in [2.75, 3.05) is 6.26 Å². The maximum absolute atomic E-state index is 12.5. The highest BCUT2D eigenvalue weighted by atomic mass is 32.2. The molecule has 0 aliphatic carbocycles. The summed E-state index contributed by atoms with van der Waals surface area (Å²) in [7, 11) is -3.69. The van der Waals surface area contributed by atoms with Crippen LogP contribution in [-0.2, 0) is 23.1 Å². The van der Waals surface area contributed by atoms with Gasteiger partial charge >= 0.3 is 0 Å². The summed E-state index contributed by atoms with van der Waals surface area (Å²) >= 11 is 3.14. The van der Waals surface area contributed by atoms with E-state index in [4.69, 9.17) is 0 Å². The van der Waals surface area contributed by atoms with Gasteiger partial charge in [-0.25, -0.2) is 13.1 Å². The molecule has 0 radical (unpaired) electrons. The summed E-state index contributed by atoms with van der Waals surface area (Å²) in [5, 5.41) is 4.72. The van der Waals surface area contributed by atoms with Gasteiger partial charge in [-0.2, -0.15) is 0 Å². The van der Waals surface area contributed by atoms with Crippen LogP contribution >= 0.6 is 23.1 Å². The minimum atomic E-state index is -3.69. The van der Waals surface area contributed by atoms with Gasteiger partial charge in [-0.1, -0.05) is 24.3 Å². The van der Waals surface area contributed by atoms with E-state index in [9.17, 15) is 13.2 Å². The molecule has 0 aliphatic rings. The summed E-state index contributed by atoms with van der Waals surface area (Å²) in [6.45, 7) is 0.601. The van der Waals surface area contributed by atoms with Crippen LogP contribution in [0.2, 0.25) is 0 Å². The topological polar surface area (TPSA) is 75.3 Å². The van der Waals surface area contributed by atoms with Crippen molar-refractivity contribution >= 4 is 39.0 Å². The molecule has 28 heavy (non-hydrogen) atoms. The number of carbonyl (C=O) groups is 1. The van der Waals surface area contributed by atoms with E-state index in [1.165, 1.54) is 23.5 Å². The molecule has 0 aliphatic heterocycles. The third-order valence-corrected chi connectivity index (χ3v) is 7.05. The maximum atomic E-state index is 12.5. The molecule has 1 aromatic heterocycles. The van der Waals surface area contributed by atoms with Crippen LogP contribution in [0.4, 0.5) is 0 Å². The molecule has 8 heteroatoms. The standard InChI is InChI=1S/C20H20N2O3S3/c1-26-17-9-7-15(8-10-17)13-21-20(23)16-4-2-6-19(12-16)28(24,25)22-14-18-5-3-11-27-18/h2-12,22H,13-14H2,1H3,(H,21,23). The molecule has 5 nitrogen and oxygen atoms in total.